The lowest BCUT2D eigenvalue weighted by atomic mass is 10.3. The number of carbonyl (C=O) groups is 1. The van der Waals surface area contributed by atoms with E-state index < -0.39 is 7.44 Å². The van der Waals surface area contributed by atoms with Crippen molar-refractivity contribution in [3.8, 4) is 0 Å². The fourth-order valence-electron chi connectivity index (χ4n) is 1.94. The summed E-state index contributed by atoms with van der Waals surface area (Å²) in [6.07, 6.45) is 1.49. The molecule has 2 amide bonds. The zero-order valence-corrected chi connectivity index (χ0v) is 14.4. The van der Waals surface area contributed by atoms with Gasteiger partial charge in [0.25, 0.3) is 0 Å². The van der Waals surface area contributed by atoms with E-state index in [2.05, 4.69) is 33.2 Å². The van der Waals surface area contributed by atoms with Gasteiger partial charge in [-0.05, 0) is 46.9 Å². The summed E-state index contributed by atoms with van der Waals surface area (Å²) < 4.78 is 17.7. The number of anilines is 1. The van der Waals surface area contributed by atoms with E-state index in [4.69, 9.17) is 0 Å². The van der Waals surface area contributed by atoms with E-state index in [1.807, 2.05) is 33.6 Å². The maximum Gasteiger partial charge on any atom is 0.323 e. The van der Waals surface area contributed by atoms with Crippen molar-refractivity contribution in [1.29, 1.82) is 0 Å². The molecular formula is C13H16IN4O2P. The number of carbonyl (C=O) groups excluding carboxylic acids is 1. The lowest BCUT2D eigenvalue weighted by Crippen LogP contribution is -2.23. The molecule has 0 aliphatic carbocycles. The molecule has 0 saturated carbocycles. The average molecular weight is 418 g/mol. The van der Waals surface area contributed by atoms with Crippen LogP contribution in [0.15, 0.2) is 36.3 Å². The van der Waals surface area contributed by atoms with Gasteiger partial charge in [0.1, 0.15) is 0 Å². The second-order valence-corrected chi connectivity index (χ2v) is 8.77. The van der Waals surface area contributed by atoms with Gasteiger partial charge in [-0.25, -0.2) is 14.1 Å². The summed E-state index contributed by atoms with van der Waals surface area (Å²) in [6.45, 7) is 3.47. The maximum atomic E-state index is 12.7. The van der Waals surface area contributed by atoms with Crippen molar-refractivity contribution >= 4 is 41.8 Å². The third kappa shape index (κ3) is 3.85. The molecule has 2 saturated heterocycles. The molecule has 2 heterocycles. The van der Waals surface area contributed by atoms with Crippen molar-refractivity contribution in [2.75, 3.05) is 31.5 Å². The lowest BCUT2D eigenvalue weighted by molar-refractivity contribution is 0.255. The molecule has 2 aliphatic rings. The summed E-state index contributed by atoms with van der Waals surface area (Å²) in [5.74, 6) is 1.63. The Hall–Kier alpha value is -0.890. The van der Waals surface area contributed by atoms with Crippen LogP contribution in [0.3, 0.4) is 0 Å². The van der Waals surface area contributed by atoms with Gasteiger partial charge < -0.3 is 10.6 Å². The molecule has 2 fully saturated rings. The summed E-state index contributed by atoms with van der Waals surface area (Å²) in [7, 11) is -2.54. The number of urea groups is 1. The van der Waals surface area contributed by atoms with Gasteiger partial charge >= 0.3 is 6.03 Å². The van der Waals surface area contributed by atoms with Crippen LogP contribution in [0.1, 0.15) is 0 Å². The van der Waals surface area contributed by atoms with Gasteiger partial charge in [0, 0.05) is 47.5 Å². The second kappa shape index (κ2) is 6.08. The van der Waals surface area contributed by atoms with Crippen LogP contribution in [-0.4, -0.2) is 41.6 Å². The molecule has 21 heavy (non-hydrogen) atoms. The first-order valence-electron chi connectivity index (χ1n) is 6.69. The van der Waals surface area contributed by atoms with Crippen molar-refractivity contribution in [3.05, 3.63) is 39.9 Å². The molecule has 0 radical (unpaired) electrons. The highest BCUT2D eigenvalue weighted by molar-refractivity contribution is 14.1. The standard InChI is InChI=1S/C13H16IN4O2P/c14-11-1-3-12(4-2-11)16-13(19)15-5-10-21(20,17-6-7-17)18-8-9-18/h1-5,10H,6-9H2,(H2,15,16,19)/b10-5+. The van der Waals surface area contributed by atoms with Gasteiger partial charge in [-0.15, -0.1) is 0 Å². The van der Waals surface area contributed by atoms with Crippen molar-refractivity contribution in [2.24, 2.45) is 0 Å². The predicted molar refractivity (Wildman–Crippen MR) is 91.2 cm³/mol. The first kappa shape index (κ1) is 15.0. The number of nitrogens with zero attached hydrogens (tertiary/aromatic N) is 2. The fraction of sp³-hybridized carbons (Fsp3) is 0.308. The Labute approximate surface area is 137 Å². The monoisotopic (exact) mass is 418 g/mol. The molecule has 6 nitrogen and oxygen atoms in total. The Morgan fingerprint density at radius 2 is 1.71 bits per heavy atom. The molecule has 0 bridgehead atoms. The summed E-state index contributed by atoms with van der Waals surface area (Å²) in [5, 5.41) is 5.33. The first-order valence-corrected chi connectivity index (χ1v) is 9.45. The average Bonchev–Trinajstić information content (AvgIpc) is 3.30. The Morgan fingerprint density at radius 1 is 1.14 bits per heavy atom. The summed E-state index contributed by atoms with van der Waals surface area (Å²) >= 11 is 2.21. The second-order valence-electron chi connectivity index (χ2n) is 4.92. The molecule has 1 aromatic rings. The molecule has 2 N–H and O–H groups in total. The van der Waals surface area contributed by atoms with E-state index in [0.717, 1.165) is 35.4 Å². The van der Waals surface area contributed by atoms with Gasteiger partial charge in [0.2, 0.25) is 7.44 Å². The van der Waals surface area contributed by atoms with Crippen molar-refractivity contribution in [3.63, 3.8) is 0 Å². The van der Waals surface area contributed by atoms with Gasteiger partial charge in [-0.1, -0.05) is 0 Å². The van der Waals surface area contributed by atoms with Crippen LogP contribution < -0.4 is 10.6 Å². The van der Waals surface area contributed by atoms with Crippen molar-refractivity contribution < 1.29 is 9.36 Å². The van der Waals surface area contributed by atoms with E-state index in [1.165, 1.54) is 6.20 Å². The van der Waals surface area contributed by atoms with E-state index in [-0.39, 0.29) is 6.03 Å². The van der Waals surface area contributed by atoms with E-state index in [1.54, 1.807) is 5.82 Å². The predicted octanol–water partition coefficient (Wildman–Crippen LogP) is 2.71. The lowest BCUT2D eigenvalue weighted by Gasteiger charge is -2.15. The molecule has 0 unspecified atom stereocenters. The number of rotatable bonds is 5. The summed E-state index contributed by atoms with van der Waals surface area (Å²) in [5.41, 5.74) is 0.724. The number of halogens is 1. The van der Waals surface area contributed by atoms with Crippen LogP contribution in [0, 0.1) is 3.57 Å². The zero-order chi connectivity index (χ0) is 14.9. The molecular weight excluding hydrogens is 402 g/mol. The van der Waals surface area contributed by atoms with Crippen LogP contribution in [-0.2, 0) is 4.57 Å². The Morgan fingerprint density at radius 3 is 2.24 bits per heavy atom. The van der Waals surface area contributed by atoms with Gasteiger partial charge in [0.05, 0.1) is 0 Å². The van der Waals surface area contributed by atoms with Gasteiger partial charge in [-0.2, -0.15) is 0 Å². The van der Waals surface area contributed by atoms with Crippen LogP contribution in [0.5, 0.6) is 0 Å². The summed E-state index contributed by atoms with van der Waals surface area (Å²) in [4.78, 5) is 11.8. The minimum absolute atomic E-state index is 0.337. The van der Waals surface area contributed by atoms with Gasteiger partial charge in [-0.3, -0.25) is 4.57 Å². The third-order valence-electron chi connectivity index (χ3n) is 3.24. The fourth-order valence-corrected chi connectivity index (χ4v) is 4.63. The number of amides is 2. The van der Waals surface area contributed by atoms with Crippen molar-refractivity contribution in [1.82, 2.24) is 14.7 Å². The molecule has 0 atom stereocenters. The smallest absolute Gasteiger partial charge is 0.314 e. The largest absolute Gasteiger partial charge is 0.323 e. The highest BCUT2D eigenvalue weighted by Gasteiger charge is 2.45. The Kier molecular flexibility index (Phi) is 4.35. The highest BCUT2D eigenvalue weighted by Crippen LogP contribution is 2.61. The van der Waals surface area contributed by atoms with Crippen molar-refractivity contribution in [2.45, 2.75) is 0 Å². The maximum absolute atomic E-state index is 12.7. The summed E-state index contributed by atoms with van der Waals surface area (Å²) in [6, 6.07) is 7.17. The molecule has 0 spiro atoms. The van der Waals surface area contributed by atoms with E-state index in [0.29, 0.717) is 0 Å². The van der Waals surface area contributed by atoms with E-state index in [9.17, 15) is 9.36 Å². The molecule has 8 heteroatoms. The molecule has 1 aromatic carbocycles. The molecule has 3 rings (SSSR count). The minimum Gasteiger partial charge on any atom is -0.314 e. The molecule has 0 aromatic heterocycles. The Bertz CT molecular complexity index is 595. The van der Waals surface area contributed by atoms with Crippen LogP contribution in [0.2, 0.25) is 0 Å². The van der Waals surface area contributed by atoms with Crippen LogP contribution in [0.25, 0.3) is 0 Å². The number of hydrogen-bond donors (Lipinski definition) is 2. The van der Waals surface area contributed by atoms with Crippen LogP contribution >= 0.6 is 30.0 Å². The van der Waals surface area contributed by atoms with Gasteiger partial charge in [0.15, 0.2) is 0 Å². The SMILES string of the molecule is O=C(N/C=C/P(=O)(N1CC1)N1CC1)Nc1ccc(I)cc1. The minimum atomic E-state index is -2.54. The number of hydrogen-bond acceptors (Lipinski definition) is 2. The number of benzene rings is 1. The molecule has 112 valence electrons. The normalized spacial score (nSPS) is 18.7. The highest BCUT2D eigenvalue weighted by atomic mass is 127. The quantitative estimate of drug-likeness (QED) is 0.439. The first-order chi connectivity index (χ1) is 10.1. The van der Waals surface area contributed by atoms with E-state index >= 15 is 0 Å². The zero-order valence-electron chi connectivity index (χ0n) is 11.3. The molecule has 2 aliphatic heterocycles. The number of nitrogens with one attached hydrogen (secondary N) is 2. The van der Waals surface area contributed by atoms with Crippen LogP contribution in [0.4, 0.5) is 10.5 Å². The third-order valence-corrected chi connectivity index (χ3v) is 6.92. The topological polar surface area (TPSA) is 64.2 Å². The Balaban J connectivity index is 1.54.